The molecule has 2 aromatic rings. The number of hydrogen-bond donors (Lipinski definition) is 1. The third-order valence-electron chi connectivity index (χ3n) is 5.84. The van der Waals surface area contributed by atoms with Gasteiger partial charge in [-0.3, -0.25) is 9.79 Å². The van der Waals surface area contributed by atoms with Gasteiger partial charge in [0.25, 0.3) is 0 Å². The van der Waals surface area contributed by atoms with E-state index in [-0.39, 0.29) is 5.91 Å². The van der Waals surface area contributed by atoms with Crippen LogP contribution in [0.1, 0.15) is 41.7 Å². The Hall–Kier alpha value is -2.34. The van der Waals surface area contributed by atoms with Gasteiger partial charge in [-0.25, -0.2) is 0 Å². The number of rotatable bonds is 5. The van der Waals surface area contributed by atoms with Crippen LogP contribution in [0.5, 0.6) is 0 Å². The van der Waals surface area contributed by atoms with Gasteiger partial charge in [0, 0.05) is 49.9 Å². The lowest BCUT2D eigenvalue weighted by Gasteiger charge is -2.27. The number of benzene rings is 1. The Morgan fingerprint density at radius 2 is 2.07 bits per heavy atom. The van der Waals surface area contributed by atoms with E-state index >= 15 is 0 Å². The number of hydrogen-bond acceptors (Lipinski definition) is 3. The average molecular weight is 411 g/mol. The van der Waals surface area contributed by atoms with Gasteiger partial charge in [0.05, 0.1) is 6.54 Å². The van der Waals surface area contributed by atoms with Crippen molar-refractivity contribution < 1.29 is 4.79 Å². The second-order valence-electron chi connectivity index (χ2n) is 7.76. The van der Waals surface area contributed by atoms with Crippen molar-refractivity contribution in [3.63, 3.8) is 0 Å². The van der Waals surface area contributed by atoms with E-state index in [0.717, 1.165) is 51.5 Å². The zero-order chi connectivity index (χ0) is 20.1. The second kappa shape index (κ2) is 9.44. The van der Waals surface area contributed by atoms with E-state index in [0.29, 0.717) is 18.9 Å². The first-order chi connectivity index (χ1) is 14.2. The summed E-state index contributed by atoms with van der Waals surface area (Å²) < 4.78 is 0. The molecule has 6 heteroatoms. The summed E-state index contributed by atoms with van der Waals surface area (Å²) in [4.78, 5) is 23.2. The number of amides is 1. The van der Waals surface area contributed by atoms with E-state index in [1.165, 1.54) is 16.0 Å². The molecule has 0 spiro atoms. The number of guanidine groups is 1. The van der Waals surface area contributed by atoms with Gasteiger partial charge in [0.1, 0.15) is 0 Å². The fraction of sp³-hybridized carbons (Fsp3) is 0.478. The number of nitrogens with one attached hydrogen (secondary N) is 1. The molecule has 29 heavy (non-hydrogen) atoms. The molecule has 1 saturated heterocycles. The van der Waals surface area contributed by atoms with E-state index < -0.39 is 0 Å². The van der Waals surface area contributed by atoms with Crippen molar-refractivity contribution in [3.05, 3.63) is 57.8 Å². The number of aliphatic imine (C=N–C) groups is 1. The Morgan fingerprint density at radius 3 is 2.90 bits per heavy atom. The predicted molar refractivity (Wildman–Crippen MR) is 119 cm³/mol. The molecule has 1 unspecified atom stereocenters. The highest BCUT2D eigenvalue weighted by Crippen LogP contribution is 2.27. The zero-order valence-electron chi connectivity index (χ0n) is 17.1. The average Bonchev–Trinajstić information content (AvgIpc) is 3.43. The predicted octanol–water partition coefficient (Wildman–Crippen LogP) is 3.48. The van der Waals surface area contributed by atoms with Crippen LogP contribution < -0.4 is 5.32 Å². The first-order valence-corrected chi connectivity index (χ1v) is 11.5. The van der Waals surface area contributed by atoms with Gasteiger partial charge >= 0.3 is 0 Å². The van der Waals surface area contributed by atoms with Crippen LogP contribution in [0.15, 0.2) is 46.8 Å². The maximum absolute atomic E-state index is 12.7. The summed E-state index contributed by atoms with van der Waals surface area (Å²) in [5.74, 6) is 1.71. The Labute approximate surface area is 177 Å². The fourth-order valence-corrected chi connectivity index (χ4v) is 5.14. The highest BCUT2D eigenvalue weighted by molar-refractivity contribution is 7.10. The van der Waals surface area contributed by atoms with Gasteiger partial charge in [-0.1, -0.05) is 30.3 Å². The number of nitrogens with zero attached hydrogens (tertiary/aromatic N) is 3. The highest BCUT2D eigenvalue weighted by atomic mass is 32.1. The van der Waals surface area contributed by atoms with E-state index in [2.05, 4.69) is 58.9 Å². The lowest BCUT2D eigenvalue weighted by Crippen LogP contribution is -2.40. The minimum atomic E-state index is 0.213. The maximum Gasteiger partial charge on any atom is 0.224 e. The summed E-state index contributed by atoms with van der Waals surface area (Å²) in [5, 5.41) is 5.54. The van der Waals surface area contributed by atoms with Crippen molar-refractivity contribution >= 4 is 23.2 Å². The molecule has 0 saturated carbocycles. The molecule has 0 radical (unpaired) electrons. The first kappa shape index (κ1) is 20.0. The monoisotopic (exact) mass is 410 g/mol. The smallest absolute Gasteiger partial charge is 0.224 e. The van der Waals surface area contributed by atoms with Gasteiger partial charge in [-0.05, 0) is 42.3 Å². The van der Waals surface area contributed by atoms with Crippen LogP contribution in [0.2, 0.25) is 0 Å². The molecule has 3 heterocycles. The van der Waals surface area contributed by atoms with Crippen molar-refractivity contribution in [2.75, 3.05) is 32.7 Å². The lowest BCUT2D eigenvalue weighted by molar-refractivity contribution is -0.131. The van der Waals surface area contributed by atoms with Crippen LogP contribution in [-0.4, -0.2) is 54.4 Å². The Bertz CT molecular complexity index is 848. The van der Waals surface area contributed by atoms with Gasteiger partial charge in [-0.15, -0.1) is 11.3 Å². The number of fused-ring (bicyclic) bond motifs is 1. The molecule has 154 valence electrons. The molecular formula is C23H30N4OS. The molecule has 1 amide bonds. The molecule has 0 bridgehead atoms. The van der Waals surface area contributed by atoms with Gasteiger partial charge in [-0.2, -0.15) is 0 Å². The van der Waals surface area contributed by atoms with Crippen molar-refractivity contribution in [1.82, 2.24) is 15.1 Å². The van der Waals surface area contributed by atoms with Gasteiger partial charge < -0.3 is 15.1 Å². The first-order valence-electron chi connectivity index (χ1n) is 10.7. The Kier molecular flexibility index (Phi) is 6.49. The lowest BCUT2D eigenvalue weighted by atomic mass is 9.99. The van der Waals surface area contributed by atoms with Crippen LogP contribution in [0.3, 0.4) is 0 Å². The molecule has 1 fully saturated rings. The number of carbonyl (C=O) groups is 1. The van der Waals surface area contributed by atoms with Crippen molar-refractivity contribution in [3.8, 4) is 0 Å². The normalized spacial score (nSPS) is 19.3. The second-order valence-corrected chi connectivity index (χ2v) is 8.76. The molecule has 1 aromatic heterocycles. The maximum atomic E-state index is 12.7. The van der Waals surface area contributed by atoms with E-state index in [9.17, 15) is 4.79 Å². The van der Waals surface area contributed by atoms with E-state index in [1.54, 1.807) is 11.3 Å². The highest BCUT2D eigenvalue weighted by Gasteiger charge is 2.26. The molecule has 2 aliphatic heterocycles. The zero-order valence-corrected chi connectivity index (χ0v) is 18.0. The summed E-state index contributed by atoms with van der Waals surface area (Å²) in [5.41, 5.74) is 2.72. The van der Waals surface area contributed by atoms with Crippen LogP contribution in [0, 0.1) is 0 Å². The largest absolute Gasteiger partial charge is 0.357 e. The molecule has 5 nitrogen and oxygen atoms in total. The van der Waals surface area contributed by atoms with Crippen molar-refractivity contribution in [1.29, 1.82) is 0 Å². The molecule has 0 aliphatic carbocycles. The minimum Gasteiger partial charge on any atom is -0.357 e. The molecule has 1 aromatic carbocycles. The molecule has 4 rings (SSSR count). The summed E-state index contributed by atoms with van der Waals surface area (Å²) >= 11 is 1.81. The number of likely N-dealkylation sites (tertiary alicyclic amines) is 1. The number of carbonyl (C=O) groups excluding carboxylic acids is 1. The van der Waals surface area contributed by atoms with Crippen molar-refractivity contribution in [2.45, 2.75) is 38.6 Å². The molecule has 1 atom stereocenters. The Morgan fingerprint density at radius 1 is 1.21 bits per heavy atom. The van der Waals surface area contributed by atoms with Gasteiger partial charge in [0.15, 0.2) is 5.96 Å². The molecule has 1 N–H and O–H groups in total. The van der Waals surface area contributed by atoms with Crippen LogP contribution in [0.25, 0.3) is 0 Å². The fourth-order valence-electron chi connectivity index (χ4n) is 4.25. The molecule has 2 aliphatic rings. The summed E-state index contributed by atoms with van der Waals surface area (Å²) in [6, 6.07) is 12.9. The third kappa shape index (κ3) is 4.81. The summed E-state index contributed by atoms with van der Waals surface area (Å²) in [6.07, 6.45) is 2.60. The minimum absolute atomic E-state index is 0.213. The Balaban J connectivity index is 1.31. The molecular weight excluding hydrogens is 380 g/mol. The third-order valence-corrected chi connectivity index (χ3v) is 6.86. The van der Waals surface area contributed by atoms with Crippen LogP contribution in [-0.2, 0) is 17.8 Å². The van der Waals surface area contributed by atoms with Crippen LogP contribution >= 0.6 is 11.3 Å². The van der Waals surface area contributed by atoms with Gasteiger partial charge in [0.2, 0.25) is 5.91 Å². The van der Waals surface area contributed by atoms with Crippen LogP contribution in [0.4, 0.5) is 0 Å². The van der Waals surface area contributed by atoms with Crippen molar-refractivity contribution in [2.24, 2.45) is 4.99 Å². The summed E-state index contributed by atoms with van der Waals surface area (Å²) in [6.45, 7) is 7.06. The standard InChI is InChI=1S/C23H30N4OS/c1-2-24-23(27-13-9-19(16-27)18-6-4-3-5-7-18)25-12-8-22(28)26-14-10-21-20(17-26)11-15-29-21/h3-7,11,15,19H,2,8-10,12-14,16-17H2,1H3,(H,24,25). The topological polar surface area (TPSA) is 47.9 Å². The quantitative estimate of drug-likeness (QED) is 0.606. The van der Waals surface area contributed by atoms with E-state index in [1.807, 2.05) is 4.90 Å². The van der Waals surface area contributed by atoms with E-state index in [4.69, 9.17) is 4.99 Å². The summed E-state index contributed by atoms with van der Waals surface area (Å²) in [7, 11) is 0. The number of thiophene rings is 1. The SMILES string of the molecule is CCNC(=NCCC(=O)N1CCc2sccc2C1)N1CCC(c2ccccc2)C1.